The summed E-state index contributed by atoms with van der Waals surface area (Å²) in [5.74, 6) is -2.41. The molecule has 7 nitrogen and oxygen atoms in total. The first-order valence-electron chi connectivity index (χ1n) is 9.46. The van der Waals surface area contributed by atoms with Gasteiger partial charge in [-0.3, -0.25) is 9.59 Å². The van der Waals surface area contributed by atoms with E-state index in [1.54, 1.807) is 0 Å². The molecule has 154 valence electrons. The molecule has 0 radical (unpaired) electrons. The highest BCUT2D eigenvalue weighted by Gasteiger charge is 2.36. The van der Waals surface area contributed by atoms with E-state index in [1.165, 1.54) is 0 Å². The maximum atomic E-state index is 11.9. The Bertz CT molecular complexity index is 440. The van der Waals surface area contributed by atoms with Crippen LogP contribution in [0.2, 0.25) is 0 Å². The summed E-state index contributed by atoms with van der Waals surface area (Å²) < 4.78 is 7.29. The van der Waals surface area contributed by atoms with Crippen LogP contribution in [-0.4, -0.2) is 98.7 Å². The van der Waals surface area contributed by atoms with Crippen molar-refractivity contribution in [3.63, 3.8) is 0 Å². The van der Waals surface area contributed by atoms with E-state index < -0.39 is 30.1 Å². The van der Waals surface area contributed by atoms with Crippen LogP contribution >= 0.6 is 0 Å². The van der Waals surface area contributed by atoms with Gasteiger partial charge in [-0.25, -0.2) is 0 Å². The molecule has 0 bridgehead atoms. The number of carboxylic acid groups (broad SMARTS) is 2. The van der Waals surface area contributed by atoms with Crippen LogP contribution in [0.4, 0.5) is 0 Å². The van der Waals surface area contributed by atoms with Crippen molar-refractivity contribution in [1.29, 1.82) is 0 Å². The number of quaternary nitrogens is 2. The molecule has 0 heterocycles. The van der Waals surface area contributed by atoms with Crippen molar-refractivity contribution < 1.29 is 33.5 Å². The minimum atomic E-state index is -0.926. The smallest absolute Gasteiger partial charge is 0.309 e. The SMILES string of the molecule is CCCCCC(C(=O)O)C(C[N+](C)(C)C)OC(CC(=O)O)C[N+](C)(C)C. The Labute approximate surface area is 158 Å². The van der Waals surface area contributed by atoms with Crippen LogP contribution in [0.3, 0.4) is 0 Å². The van der Waals surface area contributed by atoms with Crippen LogP contribution in [0.25, 0.3) is 0 Å². The Morgan fingerprint density at radius 2 is 1.46 bits per heavy atom. The Kier molecular flexibility index (Phi) is 10.4. The van der Waals surface area contributed by atoms with Crippen molar-refractivity contribution in [3.05, 3.63) is 0 Å². The Hall–Kier alpha value is -1.18. The van der Waals surface area contributed by atoms with Crippen LogP contribution < -0.4 is 0 Å². The Morgan fingerprint density at radius 1 is 0.923 bits per heavy atom. The van der Waals surface area contributed by atoms with Crippen molar-refractivity contribution in [2.45, 2.75) is 51.2 Å². The molecule has 0 aliphatic rings. The third-order valence-electron chi connectivity index (χ3n) is 4.13. The zero-order valence-corrected chi connectivity index (χ0v) is 17.7. The van der Waals surface area contributed by atoms with Crippen LogP contribution in [0.1, 0.15) is 39.0 Å². The summed E-state index contributed by atoms with van der Waals surface area (Å²) >= 11 is 0. The largest absolute Gasteiger partial charge is 0.481 e. The quantitative estimate of drug-likeness (QED) is 0.357. The number of ether oxygens (including phenoxy) is 1. The molecule has 2 N–H and O–H groups in total. The number of likely N-dealkylation sites (N-methyl/N-ethyl adjacent to an activating group) is 2. The van der Waals surface area contributed by atoms with Crippen molar-refractivity contribution in [2.75, 3.05) is 55.4 Å². The van der Waals surface area contributed by atoms with E-state index in [0.29, 0.717) is 28.5 Å². The topological polar surface area (TPSA) is 83.8 Å². The predicted octanol–water partition coefficient (Wildman–Crippen LogP) is 1.91. The summed E-state index contributed by atoms with van der Waals surface area (Å²) in [6.07, 6.45) is 2.25. The molecule has 0 saturated carbocycles. The van der Waals surface area contributed by atoms with Gasteiger partial charge in [0.25, 0.3) is 0 Å². The average molecular weight is 377 g/mol. The number of rotatable bonds is 14. The van der Waals surface area contributed by atoms with Crippen LogP contribution in [0, 0.1) is 5.92 Å². The average Bonchev–Trinajstić information content (AvgIpc) is 2.38. The molecule has 0 aromatic carbocycles. The molecule has 0 amide bonds. The van der Waals surface area contributed by atoms with Gasteiger partial charge in [-0.2, -0.15) is 0 Å². The second-order valence-electron chi connectivity index (χ2n) is 9.28. The third-order valence-corrected chi connectivity index (χ3v) is 4.13. The lowest BCUT2D eigenvalue weighted by Gasteiger charge is -2.36. The molecule has 3 atom stereocenters. The predicted molar refractivity (Wildman–Crippen MR) is 102 cm³/mol. The van der Waals surface area contributed by atoms with Gasteiger partial charge >= 0.3 is 11.9 Å². The van der Waals surface area contributed by atoms with Crippen LogP contribution in [-0.2, 0) is 14.3 Å². The first-order chi connectivity index (χ1) is 11.7. The molecule has 0 fully saturated rings. The molecule has 0 aliphatic carbocycles. The van der Waals surface area contributed by atoms with Gasteiger partial charge in [0.15, 0.2) is 0 Å². The van der Waals surface area contributed by atoms with Crippen molar-refractivity contribution in [2.24, 2.45) is 5.92 Å². The minimum Gasteiger partial charge on any atom is -0.481 e. The molecule has 0 aliphatic heterocycles. The van der Waals surface area contributed by atoms with Gasteiger partial charge in [-0.1, -0.05) is 26.2 Å². The van der Waals surface area contributed by atoms with E-state index in [-0.39, 0.29) is 6.42 Å². The fraction of sp³-hybridized carbons (Fsp3) is 0.895. The van der Waals surface area contributed by atoms with E-state index in [9.17, 15) is 19.8 Å². The van der Waals surface area contributed by atoms with Crippen LogP contribution in [0.15, 0.2) is 0 Å². The van der Waals surface area contributed by atoms with Gasteiger partial charge in [-0.05, 0) is 6.42 Å². The second-order valence-corrected chi connectivity index (χ2v) is 9.28. The molecule has 0 aromatic rings. The molecular formula is C19H40N2O5+2. The van der Waals surface area contributed by atoms with Gasteiger partial charge in [-0.15, -0.1) is 0 Å². The standard InChI is InChI=1S/C19H38N2O5/c1-8-9-10-11-16(19(24)25)17(14-21(5,6)7)26-15(12-18(22)23)13-20(2,3)4/h15-17H,8-14H2,1-7H3/p+2. The first kappa shape index (κ1) is 24.8. The van der Waals surface area contributed by atoms with E-state index in [0.717, 1.165) is 19.3 Å². The van der Waals surface area contributed by atoms with E-state index in [1.807, 2.05) is 42.3 Å². The lowest BCUT2D eigenvalue weighted by Crippen LogP contribution is -2.51. The van der Waals surface area contributed by atoms with Gasteiger partial charge in [0, 0.05) is 0 Å². The molecule has 3 unspecified atom stereocenters. The van der Waals surface area contributed by atoms with E-state index in [4.69, 9.17) is 4.74 Å². The zero-order valence-electron chi connectivity index (χ0n) is 17.7. The highest BCUT2D eigenvalue weighted by atomic mass is 16.5. The maximum absolute atomic E-state index is 11.9. The molecule has 7 heteroatoms. The number of carbonyl (C=O) groups is 2. The lowest BCUT2D eigenvalue weighted by molar-refractivity contribution is -0.878. The molecule has 0 saturated heterocycles. The van der Waals surface area contributed by atoms with Gasteiger partial charge in [0.2, 0.25) is 0 Å². The molecule has 0 aromatic heterocycles. The third kappa shape index (κ3) is 12.2. The highest BCUT2D eigenvalue weighted by Crippen LogP contribution is 2.22. The fourth-order valence-electron chi connectivity index (χ4n) is 3.10. The van der Waals surface area contributed by atoms with E-state index >= 15 is 0 Å². The van der Waals surface area contributed by atoms with E-state index in [2.05, 4.69) is 6.92 Å². The fourth-order valence-corrected chi connectivity index (χ4v) is 3.10. The summed E-state index contributed by atoms with van der Waals surface area (Å²) in [6.45, 7) is 3.12. The zero-order chi connectivity index (χ0) is 20.5. The normalized spacial score (nSPS) is 16.1. The minimum absolute atomic E-state index is 0.121. The maximum Gasteiger partial charge on any atom is 0.309 e. The second kappa shape index (κ2) is 10.8. The molecule has 0 rings (SSSR count). The van der Waals surface area contributed by atoms with Gasteiger partial charge < -0.3 is 23.9 Å². The monoisotopic (exact) mass is 376 g/mol. The molecule has 0 spiro atoms. The Balaban J connectivity index is 5.44. The lowest BCUT2D eigenvalue weighted by atomic mass is 9.94. The number of hydrogen-bond acceptors (Lipinski definition) is 3. The van der Waals surface area contributed by atoms with Crippen LogP contribution in [0.5, 0.6) is 0 Å². The van der Waals surface area contributed by atoms with Gasteiger partial charge in [0.05, 0.1) is 54.6 Å². The molecule has 26 heavy (non-hydrogen) atoms. The molecular weight excluding hydrogens is 336 g/mol. The number of unbranched alkanes of at least 4 members (excludes halogenated alkanes) is 2. The Morgan fingerprint density at radius 3 is 1.85 bits per heavy atom. The summed E-state index contributed by atoms with van der Waals surface area (Å²) in [5, 5.41) is 19.0. The summed E-state index contributed by atoms with van der Waals surface area (Å²) in [5.41, 5.74) is 0. The van der Waals surface area contributed by atoms with Crippen molar-refractivity contribution >= 4 is 11.9 Å². The first-order valence-corrected chi connectivity index (χ1v) is 9.46. The van der Waals surface area contributed by atoms with Crippen molar-refractivity contribution in [3.8, 4) is 0 Å². The van der Waals surface area contributed by atoms with Crippen molar-refractivity contribution in [1.82, 2.24) is 0 Å². The summed E-state index contributed by atoms with van der Waals surface area (Å²) in [4.78, 5) is 23.2. The number of nitrogens with zero attached hydrogens (tertiary/aromatic N) is 2. The number of aliphatic carboxylic acids is 2. The number of carboxylic acids is 2. The number of hydrogen-bond donors (Lipinski definition) is 2. The summed E-state index contributed by atoms with van der Waals surface area (Å²) in [6, 6.07) is 0. The summed E-state index contributed by atoms with van der Waals surface area (Å²) in [7, 11) is 11.9. The highest BCUT2D eigenvalue weighted by molar-refractivity contribution is 5.70. The van der Waals surface area contributed by atoms with Gasteiger partial charge in [0.1, 0.15) is 25.3 Å².